The maximum absolute atomic E-state index is 13.1. The molecule has 0 saturated carbocycles. The van der Waals surface area contributed by atoms with Crippen LogP contribution < -0.4 is 9.80 Å². The largest absolute Gasteiger partial charge is 0.312 e. The molecule has 0 bridgehead atoms. The second-order valence-corrected chi connectivity index (χ2v) is 7.12. The van der Waals surface area contributed by atoms with E-state index in [-0.39, 0.29) is 24.2 Å². The van der Waals surface area contributed by atoms with E-state index < -0.39 is 0 Å². The monoisotopic (exact) mass is 350 g/mol. The normalized spacial score (nSPS) is 16.8. The summed E-state index contributed by atoms with van der Waals surface area (Å²) in [6.07, 6.45) is 0.272. The number of para-hydroxylation sites is 1. The van der Waals surface area contributed by atoms with Crippen molar-refractivity contribution in [2.75, 3.05) is 22.9 Å². The number of hydrogen-bond acceptors (Lipinski definition) is 2. The summed E-state index contributed by atoms with van der Waals surface area (Å²) < 4.78 is 0. The van der Waals surface area contributed by atoms with Crippen LogP contribution in [0.15, 0.2) is 42.5 Å². The molecule has 0 N–H and O–H groups in total. The molecular formula is C22H26N2O2. The standard InChI is InChI=1S/C22H26N2O2/c1-5-23(20-9-7-6-8-17(20)4)22(26)18-13-21(25)24(14-18)19-11-15(2)10-16(3)12-19/h6-12,18H,5,13-14H2,1-4H3. The maximum atomic E-state index is 13.1. The zero-order valence-electron chi connectivity index (χ0n) is 16.0. The molecule has 2 aromatic rings. The van der Waals surface area contributed by atoms with Crippen molar-refractivity contribution < 1.29 is 9.59 Å². The molecule has 0 spiro atoms. The molecule has 136 valence electrons. The van der Waals surface area contributed by atoms with Crippen LogP contribution in [0.5, 0.6) is 0 Å². The van der Waals surface area contributed by atoms with Gasteiger partial charge in [-0.3, -0.25) is 9.59 Å². The van der Waals surface area contributed by atoms with Gasteiger partial charge in [-0.1, -0.05) is 24.3 Å². The van der Waals surface area contributed by atoms with Crippen molar-refractivity contribution in [2.24, 2.45) is 5.92 Å². The minimum Gasteiger partial charge on any atom is -0.312 e. The zero-order chi connectivity index (χ0) is 18.8. The Bertz CT molecular complexity index is 824. The second-order valence-electron chi connectivity index (χ2n) is 7.12. The molecule has 1 heterocycles. The van der Waals surface area contributed by atoms with Gasteiger partial charge in [-0.25, -0.2) is 0 Å². The van der Waals surface area contributed by atoms with Gasteiger partial charge in [-0.15, -0.1) is 0 Å². The molecule has 26 heavy (non-hydrogen) atoms. The summed E-state index contributed by atoms with van der Waals surface area (Å²) in [4.78, 5) is 29.3. The average molecular weight is 350 g/mol. The van der Waals surface area contributed by atoms with Crippen LogP contribution in [0, 0.1) is 26.7 Å². The quantitative estimate of drug-likeness (QED) is 0.836. The van der Waals surface area contributed by atoms with E-state index in [0.717, 1.165) is 28.1 Å². The summed E-state index contributed by atoms with van der Waals surface area (Å²) >= 11 is 0. The lowest BCUT2D eigenvalue weighted by atomic mass is 10.1. The molecule has 1 saturated heterocycles. The van der Waals surface area contributed by atoms with Crippen molar-refractivity contribution in [3.63, 3.8) is 0 Å². The summed E-state index contributed by atoms with van der Waals surface area (Å²) in [7, 11) is 0. The van der Waals surface area contributed by atoms with Crippen molar-refractivity contribution in [3.8, 4) is 0 Å². The maximum Gasteiger partial charge on any atom is 0.232 e. The van der Waals surface area contributed by atoms with Gasteiger partial charge >= 0.3 is 0 Å². The van der Waals surface area contributed by atoms with E-state index >= 15 is 0 Å². The zero-order valence-corrected chi connectivity index (χ0v) is 16.0. The van der Waals surface area contributed by atoms with Crippen molar-refractivity contribution in [1.29, 1.82) is 0 Å². The first-order chi connectivity index (χ1) is 12.4. The molecule has 1 atom stereocenters. The summed E-state index contributed by atoms with van der Waals surface area (Å²) in [5.41, 5.74) is 5.13. The highest BCUT2D eigenvalue weighted by molar-refractivity contribution is 6.04. The number of benzene rings is 2. The van der Waals surface area contributed by atoms with Crippen LogP contribution in [-0.4, -0.2) is 24.9 Å². The fourth-order valence-electron chi connectivity index (χ4n) is 3.76. The van der Waals surface area contributed by atoms with E-state index in [9.17, 15) is 9.59 Å². The lowest BCUT2D eigenvalue weighted by Crippen LogP contribution is -2.37. The third-order valence-corrected chi connectivity index (χ3v) is 4.98. The summed E-state index contributed by atoms with van der Waals surface area (Å²) in [5.74, 6) is -0.251. The highest BCUT2D eigenvalue weighted by Crippen LogP contribution is 2.30. The molecular weight excluding hydrogens is 324 g/mol. The van der Waals surface area contributed by atoms with Crippen LogP contribution in [0.3, 0.4) is 0 Å². The van der Waals surface area contributed by atoms with Crippen molar-refractivity contribution in [3.05, 3.63) is 59.2 Å². The molecule has 2 amide bonds. The Morgan fingerprint density at radius 3 is 2.38 bits per heavy atom. The van der Waals surface area contributed by atoms with Crippen molar-refractivity contribution in [1.82, 2.24) is 0 Å². The Morgan fingerprint density at radius 1 is 1.12 bits per heavy atom. The molecule has 1 aliphatic heterocycles. The molecule has 1 unspecified atom stereocenters. The molecule has 3 rings (SSSR count). The second kappa shape index (κ2) is 7.32. The molecule has 4 nitrogen and oxygen atoms in total. The third-order valence-electron chi connectivity index (χ3n) is 4.98. The van der Waals surface area contributed by atoms with Gasteiger partial charge in [0.05, 0.1) is 5.92 Å². The van der Waals surface area contributed by atoms with E-state index in [1.807, 2.05) is 64.1 Å². The fourth-order valence-corrected chi connectivity index (χ4v) is 3.76. The molecule has 1 aliphatic rings. The Hall–Kier alpha value is -2.62. The van der Waals surface area contributed by atoms with Gasteiger partial charge < -0.3 is 9.80 Å². The van der Waals surface area contributed by atoms with E-state index in [2.05, 4.69) is 6.07 Å². The number of amides is 2. The average Bonchev–Trinajstić information content (AvgIpc) is 2.98. The topological polar surface area (TPSA) is 40.6 Å². The van der Waals surface area contributed by atoms with Crippen LogP contribution in [0.2, 0.25) is 0 Å². The molecule has 0 aromatic heterocycles. The smallest absolute Gasteiger partial charge is 0.232 e. The Balaban J connectivity index is 1.83. The minimum absolute atomic E-state index is 0.0224. The van der Waals surface area contributed by atoms with E-state index in [1.165, 1.54) is 0 Å². The number of rotatable bonds is 4. The highest BCUT2D eigenvalue weighted by atomic mass is 16.2. The Morgan fingerprint density at radius 2 is 1.77 bits per heavy atom. The van der Waals surface area contributed by atoms with Crippen molar-refractivity contribution in [2.45, 2.75) is 34.1 Å². The van der Waals surface area contributed by atoms with E-state index in [0.29, 0.717) is 13.1 Å². The summed E-state index contributed by atoms with van der Waals surface area (Å²) in [6, 6.07) is 14.0. The molecule has 0 radical (unpaired) electrons. The SMILES string of the molecule is CCN(C(=O)C1CC(=O)N(c2cc(C)cc(C)c2)C1)c1ccccc1C. The molecule has 0 aliphatic carbocycles. The van der Waals surface area contributed by atoms with E-state index in [1.54, 1.807) is 9.80 Å². The number of carbonyl (C=O) groups is 2. The fraction of sp³-hybridized carbons (Fsp3) is 0.364. The predicted molar refractivity (Wildman–Crippen MR) is 106 cm³/mol. The van der Waals surface area contributed by atoms with Crippen LogP contribution in [-0.2, 0) is 9.59 Å². The van der Waals surface area contributed by atoms with Crippen LogP contribution in [0.25, 0.3) is 0 Å². The molecule has 2 aromatic carbocycles. The first-order valence-electron chi connectivity index (χ1n) is 9.16. The van der Waals surface area contributed by atoms with Crippen LogP contribution in [0.4, 0.5) is 11.4 Å². The van der Waals surface area contributed by atoms with Crippen molar-refractivity contribution >= 4 is 23.2 Å². The number of anilines is 2. The van der Waals surface area contributed by atoms with Gasteiger partial charge in [0.25, 0.3) is 0 Å². The molecule has 4 heteroatoms. The van der Waals surface area contributed by atoms with Gasteiger partial charge in [0.1, 0.15) is 0 Å². The number of nitrogens with zero attached hydrogens (tertiary/aromatic N) is 2. The van der Waals surface area contributed by atoms with Gasteiger partial charge in [0.2, 0.25) is 11.8 Å². The minimum atomic E-state index is -0.303. The summed E-state index contributed by atoms with van der Waals surface area (Å²) in [5, 5.41) is 0. The summed E-state index contributed by atoms with van der Waals surface area (Å²) in [6.45, 7) is 9.07. The number of carbonyl (C=O) groups excluding carboxylic acids is 2. The van der Waals surface area contributed by atoms with Crippen LogP contribution >= 0.6 is 0 Å². The lowest BCUT2D eigenvalue weighted by molar-refractivity contribution is -0.124. The number of hydrogen-bond donors (Lipinski definition) is 0. The molecule has 1 fully saturated rings. The van der Waals surface area contributed by atoms with E-state index in [4.69, 9.17) is 0 Å². The van der Waals surface area contributed by atoms with Gasteiger partial charge in [-0.2, -0.15) is 0 Å². The van der Waals surface area contributed by atoms with Gasteiger partial charge in [0.15, 0.2) is 0 Å². The van der Waals surface area contributed by atoms with Crippen LogP contribution in [0.1, 0.15) is 30.0 Å². The van der Waals surface area contributed by atoms with Gasteiger partial charge in [-0.05, 0) is 62.6 Å². The Kier molecular flexibility index (Phi) is 5.12. The Labute approximate surface area is 155 Å². The lowest BCUT2D eigenvalue weighted by Gasteiger charge is -2.26. The number of aryl methyl sites for hydroxylation is 3. The predicted octanol–water partition coefficient (Wildman–Crippen LogP) is 4.02. The van der Waals surface area contributed by atoms with Gasteiger partial charge in [0, 0.05) is 30.9 Å². The highest BCUT2D eigenvalue weighted by Gasteiger charge is 2.37. The first kappa shape index (κ1) is 18.2. The first-order valence-corrected chi connectivity index (χ1v) is 9.16. The third kappa shape index (κ3) is 3.50.